The standard InChI is InChI=1S/C20H24N2O/c1-2-3-4-5-8-15-22-19-12-7-6-11-18(19)21-20(22)14-13-17-10-9-16-23-17/h6-7,9-14,16H,2-5,8,15H2,1H3/b14-13+. The van der Waals surface area contributed by atoms with Gasteiger partial charge in [-0.25, -0.2) is 4.98 Å². The van der Waals surface area contributed by atoms with Gasteiger partial charge in [-0.15, -0.1) is 0 Å². The van der Waals surface area contributed by atoms with E-state index in [9.17, 15) is 0 Å². The highest BCUT2D eigenvalue weighted by Crippen LogP contribution is 2.19. The average Bonchev–Trinajstić information content (AvgIpc) is 3.20. The Balaban J connectivity index is 1.79. The Morgan fingerprint density at radius 1 is 1.00 bits per heavy atom. The van der Waals surface area contributed by atoms with Gasteiger partial charge in [-0.1, -0.05) is 44.7 Å². The van der Waals surface area contributed by atoms with Crippen molar-refractivity contribution < 1.29 is 4.42 Å². The van der Waals surface area contributed by atoms with Gasteiger partial charge in [0.2, 0.25) is 0 Å². The summed E-state index contributed by atoms with van der Waals surface area (Å²) in [6.45, 7) is 3.27. The van der Waals surface area contributed by atoms with Gasteiger partial charge in [0.15, 0.2) is 0 Å². The molecule has 2 aromatic heterocycles. The van der Waals surface area contributed by atoms with Crippen molar-refractivity contribution in [3.63, 3.8) is 0 Å². The van der Waals surface area contributed by atoms with Crippen LogP contribution in [0, 0.1) is 0 Å². The van der Waals surface area contributed by atoms with Crippen LogP contribution in [0.25, 0.3) is 23.2 Å². The molecule has 3 rings (SSSR count). The maximum Gasteiger partial charge on any atom is 0.133 e. The number of unbranched alkanes of at least 4 members (excludes halogenated alkanes) is 4. The zero-order valence-corrected chi connectivity index (χ0v) is 13.7. The lowest BCUT2D eigenvalue weighted by atomic mass is 10.1. The summed E-state index contributed by atoms with van der Waals surface area (Å²) >= 11 is 0. The first-order valence-electron chi connectivity index (χ1n) is 8.55. The number of benzene rings is 1. The van der Waals surface area contributed by atoms with Gasteiger partial charge in [-0.3, -0.25) is 0 Å². The number of aryl methyl sites for hydroxylation is 1. The van der Waals surface area contributed by atoms with Crippen LogP contribution in [0.1, 0.15) is 50.6 Å². The largest absolute Gasteiger partial charge is 0.465 e. The number of para-hydroxylation sites is 2. The first kappa shape index (κ1) is 15.6. The molecule has 0 aliphatic carbocycles. The lowest BCUT2D eigenvalue weighted by Crippen LogP contribution is -2.00. The molecule has 0 fully saturated rings. The first-order valence-corrected chi connectivity index (χ1v) is 8.55. The van der Waals surface area contributed by atoms with Crippen LogP contribution in [0.2, 0.25) is 0 Å². The van der Waals surface area contributed by atoms with E-state index in [1.807, 2.05) is 30.4 Å². The summed E-state index contributed by atoms with van der Waals surface area (Å²) in [6, 6.07) is 12.2. The first-order chi connectivity index (χ1) is 11.4. The van der Waals surface area contributed by atoms with Gasteiger partial charge in [0.05, 0.1) is 17.3 Å². The van der Waals surface area contributed by atoms with Crippen LogP contribution in [0.5, 0.6) is 0 Å². The van der Waals surface area contributed by atoms with Gasteiger partial charge < -0.3 is 8.98 Å². The van der Waals surface area contributed by atoms with Crippen LogP contribution >= 0.6 is 0 Å². The quantitative estimate of drug-likeness (QED) is 0.495. The second-order valence-corrected chi connectivity index (χ2v) is 5.87. The molecule has 3 nitrogen and oxygen atoms in total. The van der Waals surface area contributed by atoms with E-state index in [4.69, 9.17) is 9.40 Å². The molecule has 0 amide bonds. The molecule has 3 heteroatoms. The maximum absolute atomic E-state index is 5.37. The van der Waals surface area contributed by atoms with Gasteiger partial charge in [0.25, 0.3) is 0 Å². The van der Waals surface area contributed by atoms with E-state index >= 15 is 0 Å². The van der Waals surface area contributed by atoms with E-state index in [2.05, 4.69) is 29.7 Å². The molecule has 0 saturated heterocycles. The van der Waals surface area contributed by atoms with Gasteiger partial charge in [-0.05, 0) is 42.8 Å². The number of furan rings is 1. The molecule has 0 aliphatic rings. The summed E-state index contributed by atoms with van der Waals surface area (Å²) < 4.78 is 7.69. The van der Waals surface area contributed by atoms with Crippen molar-refractivity contribution in [1.29, 1.82) is 0 Å². The molecule has 0 N–H and O–H groups in total. The maximum atomic E-state index is 5.37. The normalized spacial score (nSPS) is 11.7. The van der Waals surface area contributed by atoms with Crippen molar-refractivity contribution in [3.8, 4) is 0 Å². The van der Waals surface area contributed by atoms with Crippen LogP contribution in [0.4, 0.5) is 0 Å². The zero-order valence-electron chi connectivity index (χ0n) is 13.7. The van der Waals surface area contributed by atoms with Crippen LogP contribution in [-0.4, -0.2) is 9.55 Å². The molecular weight excluding hydrogens is 284 g/mol. The summed E-state index contributed by atoms with van der Waals surface area (Å²) in [4.78, 5) is 4.76. The zero-order chi connectivity index (χ0) is 15.9. The molecule has 1 aromatic carbocycles. The molecule has 0 spiro atoms. The lowest BCUT2D eigenvalue weighted by Gasteiger charge is -2.07. The summed E-state index contributed by atoms with van der Waals surface area (Å²) in [5, 5.41) is 0. The van der Waals surface area contributed by atoms with E-state index in [0.29, 0.717) is 0 Å². The Morgan fingerprint density at radius 3 is 2.70 bits per heavy atom. The Morgan fingerprint density at radius 2 is 1.87 bits per heavy atom. The van der Waals surface area contributed by atoms with Gasteiger partial charge >= 0.3 is 0 Å². The second kappa shape index (κ2) is 7.82. The third kappa shape index (κ3) is 3.92. The summed E-state index contributed by atoms with van der Waals surface area (Å²) in [5.41, 5.74) is 2.27. The minimum Gasteiger partial charge on any atom is -0.465 e. The summed E-state index contributed by atoms with van der Waals surface area (Å²) in [7, 11) is 0. The molecule has 0 saturated carbocycles. The number of imidazole rings is 1. The van der Waals surface area contributed by atoms with Crippen molar-refractivity contribution in [2.45, 2.75) is 45.6 Å². The van der Waals surface area contributed by atoms with Crippen molar-refractivity contribution >= 4 is 23.2 Å². The Labute approximate surface area is 137 Å². The average molecular weight is 308 g/mol. The molecule has 3 aromatic rings. The molecule has 0 radical (unpaired) electrons. The van der Waals surface area contributed by atoms with Crippen molar-refractivity contribution in [3.05, 3.63) is 54.2 Å². The summed E-state index contributed by atoms with van der Waals surface area (Å²) in [6.07, 6.45) is 12.1. The molecular formula is C20H24N2O. The predicted molar refractivity (Wildman–Crippen MR) is 96.1 cm³/mol. The Hall–Kier alpha value is -2.29. The fourth-order valence-electron chi connectivity index (χ4n) is 2.87. The van der Waals surface area contributed by atoms with Gasteiger partial charge in [0, 0.05) is 6.54 Å². The molecule has 2 heterocycles. The molecule has 120 valence electrons. The SMILES string of the molecule is CCCCCCCn1c(/C=C/c2ccco2)nc2ccccc21. The van der Waals surface area contributed by atoms with E-state index in [1.165, 1.54) is 37.6 Å². The number of aromatic nitrogens is 2. The minimum absolute atomic E-state index is 0.853. The highest BCUT2D eigenvalue weighted by atomic mass is 16.3. The van der Waals surface area contributed by atoms with Crippen LogP contribution in [0.15, 0.2) is 47.1 Å². The fourth-order valence-corrected chi connectivity index (χ4v) is 2.87. The third-order valence-electron chi connectivity index (χ3n) is 4.11. The summed E-state index contributed by atoms with van der Waals surface area (Å²) in [5.74, 6) is 1.85. The lowest BCUT2D eigenvalue weighted by molar-refractivity contribution is 0.557. The third-order valence-corrected chi connectivity index (χ3v) is 4.11. The van der Waals surface area contributed by atoms with Crippen LogP contribution < -0.4 is 0 Å². The molecule has 0 atom stereocenters. The van der Waals surface area contributed by atoms with E-state index in [1.54, 1.807) is 6.26 Å². The fraction of sp³-hybridized carbons (Fsp3) is 0.350. The van der Waals surface area contributed by atoms with E-state index < -0.39 is 0 Å². The van der Waals surface area contributed by atoms with Crippen LogP contribution in [0.3, 0.4) is 0 Å². The second-order valence-electron chi connectivity index (χ2n) is 5.87. The van der Waals surface area contributed by atoms with Crippen molar-refractivity contribution in [2.24, 2.45) is 0 Å². The molecule has 0 aliphatic heterocycles. The van der Waals surface area contributed by atoms with Gasteiger partial charge in [-0.2, -0.15) is 0 Å². The smallest absolute Gasteiger partial charge is 0.133 e. The van der Waals surface area contributed by atoms with Crippen molar-refractivity contribution in [2.75, 3.05) is 0 Å². The predicted octanol–water partition coefficient (Wildman–Crippen LogP) is 5.77. The number of nitrogens with zero attached hydrogens (tertiary/aromatic N) is 2. The minimum atomic E-state index is 0.853. The van der Waals surface area contributed by atoms with Gasteiger partial charge in [0.1, 0.15) is 11.6 Å². The van der Waals surface area contributed by atoms with Crippen LogP contribution in [-0.2, 0) is 6.54 Å². The number of hydrogen-bond acceptors (Lipinski definition) is 2. The Bertz CT molecular complexity index is 753. The number of hydrogen-bond donors (Lipinski definition) is 0. The number of fused-ring (bicyclic) bond motifs is 1. The molecule has 0 unspecified atom stereocenters. The monoisotopic (exact) mass is 308 g/mol. The van der Waals surface area contributed by atoms with E-state index in [0.717, 1.165) is 23.6 Å². The van der Waals surface area contributed by atoms with Crippen molar-refractivity contribution in [1.82, 2.24) is 9.55 Å². The highest BCUT2D eigenvalue weighted by molar-refractivity contribution is 5.79. The topological polar surface area (TPSA) is 31.0 Å². The highest BCUT2D eigenvalue weighted by Gasteiger charge is 2.07. The molecule has 23 heavy (non-hydrogen) atoms. The Kier molecular flexibility index (Phi) is 5.30. The molecule has 0 bridgehead atoms. The number of rotatable bonds is 8. The van der Waals surface area contributed by atoms with E-state index in [-0.39, 0.29) is 0 Å².